The number of carbonyl (C=O) groups excluding carboxylic acids is 2. The second-order valence-corrected chi connectivity index (χ2v) is 10.3. The summed E-state index contributed by atoms with van der Waals surface area (Å²) in [6.45, 7) is 0.438. The van der Waals surface area contributed by atoms with Crippen LogP contribution in [0.1, 0.15) is 12.8 Å². The van der Waals surface area contributed by atoms with Crippen molar-refractivity contribution >= 4 is 61.0 Å². The fourth-order valence-corrected chi connectivity index (χ4v) is 4.68. The predicted octanol–water partition coefficient (Wildman–Crippen LogP) is 3.26. The third-order valence-electron chi connectivity index (χ3n) is 4.34. The molecule has 2 atom stereocenters. The Hall–Kier alpha value is -0.660. The smallest absolute Gasteiger partial charge is 0.249 e. The van der Waals surface area contributed by atoms with Crippen molar-refractivity contribution in [2.24, 2.45) is 0 Å². The van der Waals surface area contributed by atoms with E-state index >= 15 is 0 Å². The third-order valence-corrected chi connectivity index (χ3v) is 7.33. The molecule has 1 aromatic carbocycles. The Kier molecular flexibility index (Phi) is 4.26. The number of amides is 2. The van der Waals surface area contributed by atoms with Crippen LogP contribution in [-0.2, 0) is 9.59 Å². The van der Waals surface area contributed by atoms with E-state index in [0.29, 0.717) is 25.1 Å². The summed E-state index contributed by atoms with van der Waals surface area (Å²) in [5, 5.41) is 0. The molecule has 0 N–H and O–H groups in total. The zero-order chi connectivity index (χ0) is 17.0. The number of hydrogen-bond acceptors (Lipinski definition) is 2. The number of carbonyl (C=O) groups is 2. The molecule has 1 heterocycles. The van der Waals surface area contributed by atoms with Gasteiger partial charge in [0.05, 0.1) is 0 Å². The first-order chi connectivity index (χ1) is 10.7. The molecule has 2 amide bonds. The van der Waals surface area contributed by atoms with Crippen LogP contribution >= 0.6 is 43.5 Å². The minimum atomic E-state index is -1.08. The van der Waals surface area contributed by atoms with Gasteiger partial charge in [-0.05, 0) is 24.6 Å². The molecule has 1 saturated heterocycles. The van der Waals surface area contributed by atoms with Crippen LogP contribution < -0.4 is 4.90 Å². The van der Waals surface area contributed by atoms with Gasteiger partial charge in [-0.1, -0.05) is 37.9 Å². The molecule has 0 radical (unpaired) electrons. The van der Waals surface area contributed by atoms with E-state index in [4.69, 9.17) is 11.6 Å². The van der Waals surface area contributed by atoms with Crippen molar-refractivity contribution in [1.82, 2.24) is 4.90 Å². The van der Waals surface area contributed by atoms with Gasteiger partial charge in [-0.2, -0.15) is 0 Å². The molecule has 2 aliphatic rings. The van der Waals surface area contributed by atoms with Crippen LogP contribution in [0.2, 0.25) is 0 Å². The maximum absolute atomic E-state index is 13.4. The molecule has 124 valence electrons. The molecule has 8 heteroatoms. The lowest BCUT2D eigenvalue weighted by Crippen LogP contribution is -2.47. The number of benzene rings is 1. The van der Waals surface area contributed by atoms with Gasteiger partial charge in [0.2, 0.25) is 11.8 Å². The van der Waals surface area contributed by atoms with Crippen LogP contribution in [-0.4, -0.2) is 44.5 Å². The average Bonchev–Trinajstić information content (AvgIpc) is 2.81. The van der Waals surface area contributed by atoms with Gasteiger partial charge >= 0.3 is 0 Å². The van der Waals surface area contributed by atoms with E-state index in [9.17, 15) is 14.0 Å². The molecule has 1 aliphatic heterocycles. The van der Waals surface area contributed by atoms with E-state index in [2.05, 4.69) is 31.9 Å². The number of rotatable bonds is 3. The number of halogens is 4. The molecule has 23 heavy (non-hydrogen) atoms. The molecule has 4 nitrogen and oxygen atoms in total. The Morgan fingerprint density at radius 1 is 1.48 bits per heavy atom. The number of alkyl halides is 3. The summed E-state index contributed by atoms with van der Waals surface area (Å²) in [6, 6.07) is 5.29. The van der Waals surface area contributed by atoms with Gasteiger partial charge in [0, 0.05) is 25.7 Å². The van der Waals surface area contributed by atoms with Crippen LogP contribution in [0.25, 0.3) is 0 Å². The zero-order valence-electron chi connectivity index (χ0n) is 12.2. The largest absolute Gasteiger partial charge is 0.332 e. The first kappa shape index (κ1) is 17.2. The molecular weight excluding hydrogens is 454 g/mol. The highest BCUT2D eigenvalue weighted by molar-refractivity contribution is 9.25. The van der Waals surface area contributed by atoms with Crippen molar-refractivity contribution in [3.05, 3.63) is 30.1 Å². The fourth-order valence-electron chi connectivity index (χ4n) is 2.84. The van der Waals surface area contributed by atoms with Crippen molar-refractivity contribution in [3.8, 4) is 0 Å². The second kappa shape index (κ2) is 5.70. The van der Waals surface area contributed by atoms with Crippen molar-refractivity contribution in [2.75, 3.05) is 18.5 Å². The quantitative estimate of drug-likeness (QED) is 0.639. The third kappa shape index (κ3) is 2.81. The molecule has 0 aromatic heterocycles. The summed E-state index contributed by atoms with van der Waals surface area (Å²) in [6.07, 6.45) is 0.932. The lowest BCUT2D eigenvalue weighted by atomic mass is 10.2. The van der Waals surface area contributed by atoms with Gasteiger partial charge < -0.3 is 9.80 Å². The molecule has 2 unspecified atom stereocenters. The molecule has 1 aromatic rings. The summed E-state index contributed by atoms with van der Waals surface area (Å²) in [5.41, 5.74) is 0.501. The van der Waals surface area contributed by atoms with Gasteiger partial charge in [0.15, 0.2) is 4.87 Å². The summed E-state index contributed by atoms with van der Waals surface area (Å²) < 4.78 is 12.7. The zero-order valence-corrected chi connectivity index (χ0v) is 16.2. The van der Waals surface area contributed by atoms with E-state index in [-0.39, 0.29) is 11.8 Å². The van der Waals surface area contributed by atoms with Crippen molar-refractivity contribution in [3.63, 3.8) is 0 Å². The highest BCUT2D eigenvalue weighted by atomic mass is 79.9. The summed E-state index contributed by atoms with van der Waals surface area (Å²) in [5.74, 6) is -0.918. The second-order valence-electron chi connectivity index (χ2n) is 5.87. The van der Waals surface area contributed by atoms with Crippen LogP contribution in [0.4, 0.5) is 10.1 Å². The van der Waals surface area contributed by atoms with Gasteiger partial charge in [0.25, 0.3) is 0 Å². The van der Waals surface area contributed by atoms with E-state index in [1.807, 2.05) is 0 Å². The van der Waals surface area contributed by atoms with Crippen molar-refractivity contribution in [2.45, 2.75) is 27.0 Å². The van der Waals surface area contributed by atoms with Gasteiger partial charge in [-0.25, -0.2) is 4.39 Å². The van der Waals surface area contributed by atoms with Crippen LogP contribution in [0.5, 0.6) is 0 Å². The first-order valence-electron chi connectivity index (χ1n) is 7.08. The molecular formula is C15H14Br2ClFN2O2. The van der Waals surface area contributed by atoms with E-state index < -0.39 is 20.0 Å². The highest BCUT2D eigenvalue weighted by Gasteiger charge is 2.70. The van der Waals surface area contributed by atoms with Crippen LogP contribution in [0.3, 0.4) is 0 Å². The molecule has 0 bridgehead atoms. The Morgan fingerprint density at radius 3 is 2.70 bits per heavy atom. The number of likely N-dealkylation sites (N-methyl/N-ethyl adjacent to an activating group) is 1. The minimum absolute atomic E-state index is 0.220. The maximum Gasteiger partial charge on any atom is 0.249 e. The Bertz CT molecular complexity index is 687. The van der Waals surface area contributed by atoms with Gasteiger partial charge in [-0.3, -0.25) is 9.59 Å². The highest BCUT2D eigenvalue weighted by Crippen LogP contribution is 2.64. The summed E-state index contributed by atoms with van der Waals surface area (Å²) in [4.78, 5) is 27.0. The Labute approximate surface area is 155 Å². The lowest BCUT2D eigenvalue weighted by molar-refractivity contribution is -0.137. The van der Waals surface area contributed by atoms with Gasteiger partial charge in [-0.15, -0.1) is 11.6 Å². The minimum Gasteiger partial charge on any atom is -0.332 e. The average molecular weight is 469 g/mol. The van der Waals surface area contributed by atoms with Crippen molar-refractivity contribution in [1.29, 1.82) is 0 Å². The van der Waals surface area contributed by atoms with Crippen LogP contribution in [0.15, 0.2) is 24.3 Å². The molecule has 3 rings (SSSR count). The molecule has 1 saturated carbocycles. The normalized spacial score (nSPS) is 28.8. The summed E-state index contributed by atoms with van der Waals surface area (Å²) in [7, 11) is 1.58. The van der Waals surface area contributed by atoms with E-state index in [1.54, 1.807) is 19.2 Å². The Balaban J connectivity index is 1.76. The topological polar surface area (TPSA) is 40.6 Å². The van der Waals surface area contributed by atoms with E-state index in [0.717, 1.165) is 0 Å². The monoisotopic (exact) mass is 466 g/mol. The fraction of sp³-hybridized carbons (Fsp3) is 0.467. The molecule has 1 aliphatic carbocycles. The lowest BCUT2D eigenvalue weighted by Gasteiger charge is -2.26. The summed E-state index contributed by atoms with van der Waals surface area (Å²) >= 11 is 13.0. The maximum atomic E-state index is 13.4. The Morgan fingerprint density at radius 2 is 2.13 bits per heavy atom. The van der Waals surface area contributed by atoms with Crippen LogP contribution in [0, 0.1) is 5.82 Å². The first-order valence-corrected chi connectivity index (χ1v) is 9.05. The van der Waals surface area contributed by atoms with Gasteiger partial charge in [0.1, 0.15) is 15.1 Å². The number of anilines is 1. The number of hydrogen-bond donors (Lipinski definition) is 0. The SMILES string of the molecule is CN(C(=O)C1(Cl)CC1(Br)Br)C1CCN(c2cccc(F)c2)C1=O. The molecule has 2 fully saturated rings. The molecule has 0 spiro atoms. The van der Waals surface area contributed by atoms with Crippen molar-refractivity contribution < 1.29 is 14.0 Å². The number of nitrogens with zero attached hydrogens (tertiary/aromatic N) is 2. The standard InChI is InChI=1S/C15H14Br2ClFN2O2/c1-20(13(23)14(18)8-15(14,16)17)11-5-6-21(12(11)22)10-4-2-3-9(19)7-10/h2-4,7,11H,5-6,8H2,1H3. The van der Waals surface area contributed by atoms with E-state index in [1.165, 1.54) is 21.9 Å². The predicted molar refractivity (Wildman–Crippen MR) is 93.7 cm³/mol.